The molecule has 3 rings (SSSR count). The Balaban J connectivity index is 1.59. The monoisotopic (exact) mass is 326 g/mol. The molecule has 0 fully saturated rings. The minimum absolute atomic E-state index is 0.0524. The Bertz CT molecular complexity index is 789. The molecule has 0 aliphatic carbocycles. The summed E-state index contributed by atoms with van der Waals surface area (Å²) in [6.07, 6.45) is 1.31. The van der Waals surface area contributed by atoms with Crippen molar-refractivity contribution in [2.75, 3.05) is 10.6 Å². The van der Waals surface area contributed by atoms with Crippen LogP contribution >= 0.6 is 0 Å². The van der Waals surface area contributed by atoms with Crippen LogP contribution in [0.25, 0.3) is 0 Å². The Hall–Kier alpha value is -2.69. The van der Waals surface area contributed by atoms with E-state index in [1.165, 1.54) is 12.1 Å². The van der Waals surface area contributed by atoms with Gasteiger partial charge in [-0.2, -0.15) is 0 Å². The van der Waals surface area contributed by atoms with Crippen molar-refractivity contribution < 1.29 is 14.0 Å². The van der Waals surface area contributed by atoms with Gasteiger partial charge in [0.1, 0.15) is 5.82 Å². The Labute approximate surface area is 140 Å². The number of fused-ring (bicyclic) bond motifs is 1. The third-order valence-corrected chi connectivity index (χ3v) is 4.31. The van der Waals surface area contributed by atoms with Gasteiger partial charge in [-0.15, -0.1) is 0 Å². The number of carbonyl (C=O) groups excluding carboxylic acids is 2. The van der Waals surface area contributed by atoms with E-state index in [1.54, 1.807) is 13.0 Å². The van der Waals surface area contributed by atoms with Gasteiger partial charge in [0, 0.05) is 23.7 Å². The van der Waals surface area contributed by atoms with Gasteiger partial charge in [-0.25, -0.2) is 4.39 Å². The number of carbonyl (C=O) groups is 2. The molecule has 5 heteroatoms. The van der Waals surface area contributed by atoms with Gasteiger partial charge in [0.25, 0.3) is 0 Å². The summed E-state index contributed by atoms with van der Waals surface area (Å²) >= 11 is 0. The van der Waals surface area contributed by atoms with Crippen molar-refractivity contribution in [2.24, 2.45) is 5.92 Å². The van der Waals surface area contributed by atoms with Crippen LogP contribution in [0.5, 0.6) is 0 Å². The second kappa shape index (κ2) is 6.83. The number of amides is 2. The van der Waals surface area contributed by atoms with Crippen LogP contribution in [0.1, 0.15) is 24.0 Å². The van der Waals surface area contributed by atoms with E-state index in [2.05, 4.69) is 10.6 Å². The highest BCUT2D eigenvalue weighted by Gasteiger charge is 2.26. The topological polar surface area (TPSA) is 58.2 Å². The fourth-order valence-corrected chi connectivity index (χ4v) is 2.89. The lowest BCUT2D eigenvalue weighted by atomic mass is 9.89. The van der Waals surface area contributed by atoms with Gasteiger partial charge in [0.05, 0.1) is 0 Å². The van der Waals surface area contributed by atoms with Crippen LogP contribution in [0.15, 0.2) is 42.5 Å². The summed E-state index contributed by atoms with van der Waals surface area (Å²) in [5, 5.41) is 5.59. The van der Waals surface area contributed by atoms with Crippen LogP contribution in [0, 0.1) is 18.7 Å². The largest absolute Gasteiger partial charge is 0.326 e. The van der Waals surface area contributed by atoms with Crippen LogP contribution in [-0.4, -0.2) is 11.8 Å². The highest BCUT2D eigenvalue weighted by molar-refractivity contribution is 5.96. The van der Waals surface area contributed by atoms with Crippen LogP contribution in [0.3, 0.4) is 0 Å². The van der Waals surface area contributed by atoms with Crippen molar-refractivity contribution in [1.29, 1.82) is 0 Å². The Morgan fingerprint density at radius 3 is 2.92 bits per heavy atom. The van der Waals surface area contributed by atoms with Crippen LogP contribution in [0.2, 0.25) is 0 Å². The minimum atomic E-state index is -0.390. The average Bonchev–Trinajstić information content (AvgIpc) is 2.56. The number of para-hydroxylation sites is 1. The van der Waals surface area contributed by atoms with Gasteiger partial charge in [-0.3, -0.25) is 9.59 Å². The average molecular weight is 326 g/mol. The minimum Gasteiger partial charge on any atom is -0.326 e. The molecule has 0 radical (unpaired) electrons. The van der Waals surface area contributed by atoms with E-state index in [0.717, 1.165) is 16.8 Å². The first-order valence-corrected chi connectivity index (χ1v) is 7.97. The molecule has 0 bridgehead atoms. The van der Waals surface area contributed by atoms with Gasteiger partial charge < -0.3 is 10.6 Å². The zero-order chi connectivity index (χ0) is 17.1. The molecule has 2 amide bonds. The molecule has 24 heavy (non-hydrogen) atoms. The van der Waals surface area contributed by atoms with Gasteiger partial charge in [0.2, 0.25) is 11.8 Å². The molecule has 4 nitrogen and oxygen atoms in total. The number of anilines is 2. The molecule has 2 aromatic rings. The number of rotatable bonds is 4. The van der Waals surface area contributed by atoms with Crippen molar-refractivity contribution in [3.8, 4) is 0 Å². The molecule has 0 aromatic heterocycles. The summed E-state index contributed by atoms with van der Waals surface area (Å²) in [5.74, 6) is -0.878. The Kier molecular flexibility index (Phi) is 4.60. The van der Waals surface area contributed by atoms with Crippen LogP contribution < -0.4 is 10.6 Å². The van der Waals surface area contributed by atoms with Gasteiger partial charge in [-0.1, -0.05) is 24.3 Å². The lowest BCUT2D eigenvalue weighted by Gasteiger charge is -2.24. The van der Waals surface area contributed by atoms with E-state index in [1.807, 2.05) is 24.3 Å². The third kappa shape index (κ3) is 3.62. The van der Waals surface area contributed by atoms with E-state index < -0.39 is 0 Å². The molecule has 1 heterocycles. The standard InChI is InChI=1S/C19H19FN2O2/c1-12-6-8-15(20)11-17(12)21-18(23)9-7-14-10-13-4-2-3-5-16(13)22-19(14)24/h2-6,8,11,14H,7,9-10H2,1H3,(H,21,23)(H,22,24). The summed E-state index contributed by atoms with van der Waals surface area (Å²) in [6, 6.07) is 12.0. The van der Waals surface area contributed by atoms with Crippen molar-refractivity contribution in [1.82, 2.24) is 0 Å². The van der Waals surface area contributed by atoms with Crippen LogP contribution in [-0.2, 0) is 16.0 Å². The molecule has 1 aliphatic heterocycles. The van der Waals surface area contributed by atoms with Gasteiger partial charge in [0.15, 0.2) is 0 Å². The number of halogens is 1. The number of aryl methyl sites for hydroxylation is 1. The molecule has 1 unspecified atom stereocenters. The molecular formula is C19H19FN2O2. The second-order valence-electron chi connectivity index (χ2n) is 6.09. The van der Waals surface area contributed by atoms with Crippen molar-refractivity contribution in [2.45, 2.75) is 26.2 Å². The molecule has 2 N–H and O–H groups in total. The lowest BCUT2D eigenvalue weighted by Crippen LogP contribution is -2.30. The Morgan fingerprint density at radius 2 is 2.08 bits per heavy atom. The summed E-state index contributed by atoms with van der Waals surface area (Å²) in [5.41, 5.74) is 3.20. The van der Waals surface area contributed by atoms with Crippen molar-refractivity contribution in [3.63, 3.8) is 0 Å². The predicted octanol–water partition coefficient (Wildman–Crippen LogP) is 3.66. The van der Waals surface area contributed by atoms with Crippen molar-refractivity contribution >= 4 is 23.2 Å². The zero-order valence-corrected chi connectivity index (χ0v) is 13.4. The molecule has 1 aliphatic rings. The van der Waals surface area contributed by atoms with Gasteiger partial charge in [-0.05, 0) is 49.1 Å². The van der Waals surface area contributed by atoms with E-state index in [-0.39, 0.29) is 30.0 Å². The SMILES string of the molecule is Cc1ccc(F)cc1NC(=O)CCC1Cc2ccccc2NC1=O. The molecular weight excluding hydrogens is 307 g/mol. The number of hydrogen-bond acceptors (Lipinski definition) is 2. The van der Waals surface area contributed by atoms with Gasteiger partial charge >= 0.3 is 0 Å². The summed E-state index contributed by atoms with van der Waals surface area (Å²) in [4.78, 5) is 24.2. The number of nitrogens with one attached hydrogen (secondary N) is 2. The maximum Gasteiger partial charge on any atom is 0.227 e. The molecule has 124 valence electrons. The maximum absolute atomic E-state index is 13.3. The Morgan fingerprint density at radius 1 is 1.29 bits per heavy atom. The second-order valence-corrected chi connectivity index (χ2v) is 6.09. The molecule has 0 saturated carbocycles. The highest BCUT2D eigenvalue weighted by atomic mass is 19.1. The summed E-state index contributed by atoms with van der Waals surface area (Å²) in [7, 11) is 0. The predicted molar refractivity (Wildman–Crippen MR) is 91.3 cm³/mol. The van der Waals surface area contributed by atoms with E-state index in [0.29, 0.717) is 18.5 Å². The van der Waals surface area contributed by atoms with E-state index in [4.69, 9.17) is 0 Å². The van der Waals surface area contributed by atoms with E-state index in [9.17, 15) is 14.0 Å². The quantitative estimate of drug-likeness (QED) is 0.901. The number of hydrogen-bond donors (Lipinski definition) is 2. The smallest absolute Gasteiger partial charge is 0.227 e. The normalized spacial score (nSPS) is 16.2. The molecule has 0 saturated heterocycles. The fraction of sp³-hybridized carbons (Fsp3) is 0.263. The lowest BCUT2D eigenvalue weighted by molar-refractivity contribution is -0.121. The molecule has 0 spiro atoms. The highest BCUT2D eigenvalue weighted by Crippen LogP contribution is 2.27. The van der Waals surface area contributed by atoms with Crippen LogP contribution in [0.4, 0.5) is 15.8 Å². The fourth-order valence-electron chi connectivity index (χ4n) is 2.89. The molecule has 1 atom stereocenters. The molecule has 2 aromatic carbocycles. The first-order chi connectivity index (χ1) is 11.5. The van der Waals surface area contributed by atoms with Crippen molar-refractivity contribution in [3.05, 3.63) is 59.4 Å². The zero-order valence-electron chi connectivity index (χ0n) is 13.4. The third-order valence-electron chi connectivity index (χ3n) is 4.31. The maximum atomic E-state index is 13.3. The first-order valence-electron chi connectivity index (χ1n) is 7.97. The summed E-state index contributed by atoms with van der Waals surface area (Å²) < 4.78 is 13.3. The number of benzene rings is 2. The van der Waals surface area contributed by atoms with E-state index >= 15 is 0 Å². The first kappa shape index (κ1) is 16.2. The summed E-state index contributed by atoms with van der Waals surface area (Å²) in [6.45, 7) is 1.81.